The number of tetrazole rings is 1. The van der Waals surface area contributed by atoms with Gasteiger partial charge in [-0.15, -0.1) is 5.10 Å². The highest BCUT2D eigenvalue weighted by atomic mass is 16.4. The lowest BCUT2D eigenvalue weighted by Crippen LogP contribution is -2.18. The molecule has 0 saturated carbocycles. The van der Waals surface area contributed by atoms with Crippen molar-refractivity contribution in [1.29, 1.82) is 0 Å². The van der Waals surface area contributed by atoms with E-state index in [-0.39, 0.29) is 12.5 Å². The Morgan fingerprint density at radius 3 is 2.69 bits per heavy atom. The van der Waals surface area contributed by atoms with Crippen molar-refractivity contribution >= 4 is 5.97 Å². The summed E-state index contributed by atoms with van der Waals surface area (Å²) in [5.74, 6) is 0.396. The first-order valence-electron chi connectivity index (χ1n) is 5.53. The molecule has 1 aromatic rings. The van der Waals surface area contributed by atoms with Gasteiger partial charge in [-0.05, 0) is 22.8 Å². The van der Waals surface area contributed by atoms with Gasteiger partial charge in [0, 0.05) is 6.42 Å². The van der Waals surface area contributed by atoms with Gasteiger partial charge in [0.25, 0.3) is 0 Å². The topological polar surface area (TPSA) is 80.9 Å². The van der Waals surface area contributed by atoms with Crippen LogP contribution in [0.2, 0.25) is 0 Å². The van der Waals surface area contributed by atoms with Crippen molar-refractivity contribution in [2.75, 3.05) is 0 Å². The second kappa shape index (κ2) is 5.58. The maximum Gasteiger partial charge on any atom is 0.305 e. The molecule has 0 spiro atoms. The minimum atomic E-state index is -0.821. The molecule has 0 saturated heterocycles. The molecule has 1 heterocycles. The van der Waals surface area contributed by atoms with Gasteiger partial charge in [0.1, 0.15) is 0 Å². The van der Waals surface area contributed by atoms with Gasteiger partial charge in [0.15, 0.2) is 5.82 Å². The highest BCUT2D eigenvalue weighted by Crippen LogP contribution is 2.17. The Balaban J connectivity index is 2.83. The normalized spacial score (nSPS) is 13.0. The van der Waals surface area contributed by atoms with Crippen LogP contribution in [0, 0.1) is 5.92 Å². The number of hydrogen-bond acceptors (Lipinski definition) is 4. The average molecular weight is 226 g/mol. The molecule has 0 aromatic carbocycles. The van der Waals surface area contributed by atoms with Gasteiger partial charge >= 0.3 is 5.97 Å². The second-order valence-electron chi connectivity index (χ2n) is 4.30. The molecule has 1 aromatic heterocycles. The third-order valence-electron chi connectivity index (χ3n) is 2.38. The Bertz CT molecular complexity index is 348. The molecule has 0 amide bonds. The van der Waals surface area contributed by atoms with Crippen LogP contribution >= 0.6 is 0 Å². The van der Waals surface area contributed by atoms with Gasteiger partial charge in [-0.3, -0.25) is 4.79 Å². The number of carboxylic acids is 1. The smallest absolute Gasteiger partial charge is 0.305 e. The minimum absolute atomic E-state index is 0.0621. The van der Waals surface area contributed by atoms with Gasteiger partial charge in [-0.25, -0.2) is 4.68 Å². The number of rotatable bonds is 6. The van der Waals surface area contributed by atoms with Crippen LogP contribution in [0.4, 0.5) is 0 Å². The van der Waals surface area contributed by atoms with Gasteiger partial charge in [0.05, 0.1) is 12.5 Å². The third-order valence-corrected chi connectivity index (χ3v) is 2.38. The molecule has 1 unspecified atom stereocenters. The number of hydrogen-bond donors (Lipinski definition) is 1. The fourth-order valence-corrected chi connectivity index (χ4v) is 1.60. The largest absolute Gasteiger partial charge is 0.481 e. The van der Waals surface area contributed by atoms with E-state index in [9.17, 15) is 4.79 Å². The first kappa shape index (κ1) is 12.6. The Hall–Kier alpha value is -1.46. The van der Waals surface area contributed by atoms with Crippen LogP contribution in [-0.4, -0.2) is 31.3 Å². The molecule has 1 N–H and O–H groups in total. The molecule has 0 bridgehead atoms. The molecule has 0 aliphatic rings. The molecule has 0 aliphatic heterocycles. The molecular weight excluding hydrogens is 208 g/mol. The number of carboxylic acid groups (broad SMARTS) is 1. The molecule has 1 rings (SSSR count). The van der Waals surface area contributed by atoms with E-state index in [2.05, 4.69) is 29.4 Å². The minimum Gasteiger partial charge on any atom is -0.481 e. The SMILES string of the molecule is CCC(CC(=O)O)n1nnnc1CC(C)C. The van der Waals surface area contributed by atoms with Crippen LogP contribution in [0.25, 0.3) is 0 Å². The lowest BCUT2D eigenvalue weighted by molar-refractivity contribution is -0.138. The highest BCUT2D eigenvalue weighted by Gasteiger charge is 2.18. The Morgan fingerprint density at radius 2 is 2.19 bits per heavy atom. The van der Waals surface area contributed by atoms with Crippen LogP contribution in [0.15, 0.2) is 0 Å². The molecule has 0 fully saturated rings. The Morgan fingerprint density at radius 1 is 1.50 bits per heavy atom. The van der Waals surface area contributed by atoms with Crippen LogP contribution < -0.4 is 0 Å². The van der Waals surface area contributed by atoms with Crippen molar-refractivity contribution in [3.05, 3.63) is 5.82 Å². The number of carbonyl (C=O) groups is 1. The molecular formula is C10H18N4O2. The lowest BCUT2D eigenvalue weighted by atomic mass is 10.1. The predicted molar refractivity (Wildman–Crippen MR) is 57.9 cm³/mol. The van der Waals surface area contributed by atoms with E-state index in [4.69, 9.17) is 5.11 Å². The summed E-state index contributed by atoms with van der Waals surface area (Å²) in [6, 6.07) is -0.152. The molecule has 90 valence electrons. The van der Waals surface area contributed by atoms with E-state index in [1.54, 1.807) is 4.68 Å². The van der Waals surface area contributed by atoms with E-state index < -0.39 is 5.97 Å². The van der Waals surface area contributed by atoms with E-state index >= 15 is 0 Å². The molecule has 1 atom stereocenters. The molecule has 0 aliphatic carbocycles. The zero-order valence-corrected chi connectivity index (χ0v) is 9.92. The summed E-state index contributed by atoms with van der Waals surface area (Å²) in [4.78, 5) is 10.7. The summed E-state index contributed by atoms with van der Waals surface area (Å²) in [5, 5.41) is 20.3. The van der Waals surface area contributed by atoms with Gasteiger partial charge < -0.3 is 5.11 Å². The van der Waals surface area contributed by atoms with Gasteiger partial charge in [0.2, 0.25) is 0 Å². The van der Waals surface area contributed by atoms with Gasteiger partial charge in [-0.2, -0.15) is 0 Å². The molecule has 0 radical (unpaired) electrons. The van der Waals surface area contributed by atoms with Crippen LogP contribution in [-0.2, 0) is 11.2 Å². The van der Waals surface area contributed by atoms with E-state index in [0.717, 1.165) is 12.2 Å². The third kappa shape index (κ3) is 3.29. The number of nitrogens with zero attached hydrogens (tertiary/aromatic N) is 4. The first-order valence-corrected chi connectivity index (χ1v) is 5.53. The van der Waals surface area contributed by atoms with Crippen molar-refractivity contribution in [2.45, 2.75) is 46.1 Å². The van der Waals surface area contributed by atoms with Crippen molar-refractivity contribution in [3.8, 4) is 0 Å². The second-order valence-corrected chi connectivity index (χ2v) is 4.30. The first-order chi connectivity index (χ1) is 7.54. The fourth-order valence-electron chi connectivity index (χ4n) is 1.60. The van der Waals surface area contributed by atoms with Crippen LogP contribution in [0.3, 0.4) is 0 Å². The summed E-state index contributed by atoms with van der Waals surface area (Å²) < 4.78 is 1.65. The van der Waals surface area contributed by atoms with E-state index in [1.165, 1.54) is 0 Å². The Labute approximate surface area is 94.7 Å². The Kier molecular flexibility index (Phi) is 4.39. The standard InChI is InChI=1S/C10H18N4O2/c1-4-8(6-10(15)16)14-9(5-7(2)3)11-12-13-14/h7-8H,4-6H2,1-3H3,(H,15,16). The van der Waals surface area contributed by atoms with E-state index in [0.29, 0.717) is 12.3 Å². The number of aromatic nitrogens is 4. The van der Waals surface area contributed by atoms with Crippen LogP contribution in [0.1, 0.15) is 45.5 Å². The zero-order chi connectivity index (χ0) is 12.1. The fraction of sp³-hybridized carbons (Fsp3) is 0.800. The highest BCUT2D eigenvalue weighted by molar-refractivity contribution is 5.67. The predicted octanol–water partition coefficient (Wildman–Crippen LogP) is 1.30. The summed E-state index contributed by atoms with van der Waals surface area (Å²) in [7, 11) is 0. The average Bonchev–Trinajstić information content (AvgIpc) is 2.61. The summed E-state index contributed by atoms with van der Waals surface area (Å²) >= 11 is 0. The van der Waals surface area contributed by atoms with Crippen molar-refractivity contribution in [2.24, 2.45) is 5.92 Å². The lowest BCUT2D eigenvalue weighted by Gasteiger charge is -2.14. The van der Waals surface area contributed by atoms with Crippen molar-refractivity contribution < 1.29 is 9.90 Å². The monoisotopic (exact) mass is 226 g/mol. The summed E-state index contributed by atoms with van der Waals surface area (Å²) in [5.41, 5.74) is 0. The van der Waals surface area contributed by atoms with Crippen molar-refractivity contribution in [1.82, 2.24) is 20.2 Å². The zero-order valence-electron chi connectivity index (χ0n) is 9.92. The van der Waals surface area contributed by atoms with E-state index in [1.807, 2.05) is 6.92 Å². The molecule has 6 heteroatoms. The quantitative estimate of drug-likeness (QED) is 0.790. The van der Waals surface area contributed by atoms with Gasteiger partial charge in [-0.1, -0.05) is 20.8 Å². The maximum absolute atomic E-state index is 10.7. The maximum atomic E-state index is 10.7. The van der Waals surface area contributed by atoms with Crippen molar-refractivity contribution in [3.63, 3.8) is 0 Å². The summed E-state index contributed by atoms with van der Waals surface area (Å²) in [6.07, 6.45) is 1.54. The molecule has 6 nitrogen and oxygen atoms in total. The van der Waals surface area contributed by atoms with Crippen LogP contribution in [0.5, 0.6) is 0 Å². The summed E-state index contributed by atoms with van der Waals surface area (Å²) in [6.45, 7) is 6.10. The molecule has 16 heavy (non-hydrogen) atoms. The number of aliphatic carboxylic acids is 1.